The maximum Gasteiger partial charge on any atom is 0.223 e. The molecule has 0 amide bonds. The predicted octanol–water partition coefficient (Wildman–Crippen LogP) is 3.19. The van der Waals surface area contributed by atoms with Gasteiger partial charge >= 0.3 is 0 Å². The number of aromatic nitrogens is 2. The molecule has 0 aromatic carbocycles. The molecule has 4 heteroatoms. The van der Waals surface area contributed by atoms with Crippen LogP contribution >= 0.6 is 23.4 Å². The monoisotopic (exact) mass is 216 g/mol. The van der Waals surface area contributed by atoms with E-state index in [1.807, 2.05) is 13.0 Å². The van der Waals surface area contributed by atoms with Gasteiger partial charge in [0.05, 0.1) is 0 Å². The van der Waals surface area contributed by atoms with Crippen LogP contribution in [0.3, 0.4) is 0 Å². The first-order valence-electron chi connectivity index (χ1n) is 4.22. The Balaban J connectivity index is 2.66. The Labute approximate surface area is 88.1 Å². The molecule has 0 N–H and O–H groups in total. The molecule has 0 saturated carbocycles. The number of hydrogen-bond acceptors (Lipinski definition) is 3. The zero-order valence-corrected chi connectivity index (χ0v) is 9.61. The molecule has 0 unspecified atom stereocenters. The third-order valence-electron chi connectivity index (χ3n) is 1.37. The summed E-state index contributed by atoms with van der Waals surface area (Å²) >= 11 is 7.45. The molecular formula is C9H13ClN2S. The smallest absolute Gasteiger partial charge is 0.223 e. The normalized spacial score (nSPS) is 10.8. The predicted molar refractivity (Wildman–Crippen MR) is 57.3 cm³/mol. The third-order valence-corrected chi connectivity index (χ3v) is 2.88. The van der Waals surface area contributed by atoms with Crippen LogP contribution in [0.25, 0.3) is 0 Å². The topological polar surface area (TPSA) is 25.8 Å². The average molecular weight is 217 g/mol. The first-order chi connectivity index (χ1) is 6.08. The molecule has 0 aliphatic carbocycles. The Morgan fingerprint density at radius 1 is 1.46 bits per heavy atom. The number of rotatable bonds is 3. The minimum absolute atomic E-state index is 0.339. The van der Waals surface area contributed by atoms with Crippen LogP contribution in [0.15, 0.2) is 11.1 Å². The molecule has 0 aliphatic heterocycles. The fourth-order valence-corrected chi connectivity index (χ4v) is 2.01. The lowest BCUT2D eigenvalue weighted by molar-refractivity contribution is 0.749. The molecule has 0 atom stereocenters. The second kappa shape index (κ2) is 4.82. The molecule has 0 radical (unpaired) electrons. The molecule has 13 heavy (non-hydrogen) atoms. The summed E-state index contributed by atoms with van der Waals surface area (Å²) in [5.74, 6) is 1.73. The van der Waals surface area contributed by atoms with E-state index in [2.05, 4.69) is 23.8 Å². The molecule has 1 rings (SSSR count). The molecule has 0 aliphatic rings. The maximum absolute atomic E-state index is 5.73. The van der Waals surface area contributed by atoms with E-state index in [1.54, 1.807) is 11.8 Å². The van der Waals surface area contributed by atoms with Crippen molar-refractivity contribution in [2.75, 3.05) is 5.75 Å². The van der Waals surface area contributed by atoms with Gasteiger partial charge in [0.25, 0.3) is 0 Å². The lowest BCUT2D eigenvalue weighted by atomic mass is 10.3. The van der Waals surface area contributed by atoms with E-state index in [4.69, 9.17) is 11.6 Å². The maximum atomic E-state index is 5.73. The molecule has 72 valence electrons. The summed E-state index contributed by atoms with van der Waals surface area (Å²) in [4.78, 5) is 8.13. The third kappa shape index (κ3) is 3.96. The van der Waals surface area contributed by atoms with E-state index in [1.165, 1.54) is 0 Å². The molecule has 0 fully saturated rings. The summed E-state index contributed by atoms with van der Waals surface area (Å²) in [7, 11) is 0. The van der Waals surface area contributed by atoms with Gasteiger partial charge in [0, 0.05) is 11.4 Å². The molecule has 1 aromatic rings. The second-order valence-electron chi connectivity index (χ2n) is 3.32. The summed E-state index contributed by atoms with van der Waals surface area (Å²) < 4.78 is 0. The standard InChI is InChI=1S/C9H13ClN2S/c1-6(2)5-13-8-4-7(3)11-9(10)12-8/h4,6H,5H2,1-3H3. The van der Waals surface area contributed by atoms with Crippen LogP contribution in [0.5, 0.6) is 0 Å². The van der Waals surface area contributed by atoms with Crippen molar-refractivity contribution >= 4 is 23.4 Å². The van der Waals surface area contributed by atoms with Gasteiger partial charge in [-0.3, -0.25) is 0 Å². The largest absolute Gasteiger partial charge is 0.223 e. The Hall–Kier alpha value is -0.280. The van der Waals surface area contributed by atoms with Crippen LogP contribution in [0, 0.1) is 12.8 Å². The summed E-state index contributed by atoms with van der Waals surface area (Å²) in [5.41, 5.74) is 0.922. The van der Waals surface area contributed by atoms with Crippen molar-refractivity contribution in [2.24, 2.45) is 5.92 Å². The highest BCUT2D eigenvalue weighted by molar-refractivity contribution is 7.99. The van der Waals surface area contributed by atoms with Gasteiger partial charge in [-0.05, 0) is 30.5 Å². The molecular weight excluding hydrogens is 204 g/mol. The van der Waals surface area contributed by atoms with E-state index >= 15 is 0 Å². The first kappa shape index (κ1) is 10.8. The van der Waals surface area contributed by atoms with Gasteiger partial charge in [-0.2, -0.15) is 0 Å². The number of hydrogen-bond donors (Lipinski definition) is 0. The molecule has 0 bridgehead atoms. The summed E-state index contributed by atoms with van der Waals surface area (Å²) in [6.07, 6.45) is 0. The van der Waals surface area contributed by atoms with Crippen molar-refractivity contribution in [1.29, 1.82) is 0 Å². The van der Waals surface area contributed by atoms with Crippen LogP contribution in [0.1, 0.15) is 19.5 Å². The van der Waals surface area contributed by atoms with Gasteiger partial charge in [-0.25, -0.2) is 9.97 Å². The van der Waals surface area contributed by atoms with Crippen LogP contribution in [0.2, 0.25) is 5.28 Å². The zero-order valence-electron chi connectivity index (χ0n) is 8.04. The van der Waals surface area contributed by atoms with E-state index in [0.717, 1.165) is 16.5 Å². The van der Waals surface area contributed by atoms with Crippen molar-refractivity contribution in [2.45, 2.75) is 25.8 Å². The molecule has 0 spiro atoms. The van der Waals surface area contributed by atoms with Crippen molar-refractivity contribution in [1.82, 2.24) is 9.97 Å². The molecule has 0 saturated heterocycles. The Morgan fingerprint density at radius 2 is 2.15 bits per heavy atom. The van der Waals surface area contributed by atoms with Gasteiger partial charge in [-0.15, -0.1) is 11.8 Å². The minimum Gasteiger partial charge on any atom is -0.223 e. The van der Waals surface area contributed by atoms with Gasteiger partial charge in [0.2, 0.25) is 5.28 Å². The molecule has 1 aromatic heterocycles. The van der Waals surface area contributed by atoms with Crippen molar-refractivity contribution in [3.63, 3.8) is 0 Å². The van der Waals surface area contributed by atoms with Crippen molar-refractivity contribution < 1.29 is 0 Å². The average Bonchev–Trinajstić information content (AvgIpc) is 1.99. The van der Waals surface area contributed by atoms with E-state index in [-0.39, 0.29) is 0 Å². The lowest BCUT2D eigenvalue weighted by Crippen LogP contribution is -1.94. The van der Waals surface area contributed by atoms with Crippen LogP contribution in [0.4, 0.5) is 0 Å². The van der Waals surface area contributed by atoms with Crippen LogP contribution < -0.4 is 0 Å². The first-order valence-corrected chi connectivity index (χ1v) is 5.58. The van der Waals surface area contributed by atoms with Crippen molar-refractivity contribution in [3.05, 3.63) is 17.0 Å². The Kier molecular flexibility index (Phi) is 4.00. The number of halogens is 1. The molecule has 2 nitrogen and oxygen atoms in total. The van der Waals surface area contributed by atoms with Crippen molar-refractivity contribution in [3.8, 4) is 0 Å². The van der Waals surface area contributed by atoms with Gasteiger partial charge < -0.3 is 0 Å². The van der Waals surface area contributed by atoms with Gasteiger partial charge in [0.1, 0.15) is 5.03 Å². The highest BCUT2D eigenvalue weighted by Crippen LogP contribution is 2.20. The fraction of sp³-hybridized carbons (Fsp3) is 0.556. The number of thioether (sulfide) groups is 1. The van der Waals surface area contributed by atoms with E-state index < -0.39 is 0 Å². The highest BCUT2D eigenvalue weighted by Gasteiger charge is 2.01. The summed E-state index contributed by atoms with van der Waals surface area (Å²) in [5, 5.41) is 1.30. The zero-order chi connectivity index (χ0) is 9.84. The second-order valence-corrected chi connectivity index (χ2v) is 4.70. The van der Waals surface area contributed by atoms with Crippen LogP contribution in [-0.4, -0.2) is 15.7 Å². The number of aryl methyl sites for hydroxylation is 1. The Bertz CT molecular complexity index is 269. The quantitative estimate of drug-likeness (QED) is 0.441. The van der Waals surface area contributed by atoms with Gasteiger partial charge in [-0.1, -0.05) is 13.8 Å². The Morgan fingerprint density at radius 3 is 2.69 bits per heavy atom. The summed E-state index contributed by atoms with van der Waals surface area (Å²) in [6.45, 7) is 6.29. The minimum atomic E-state index is 0.339. The van der Waals surface area contributed by atoms with Crippen LogP contribution in [-0.2, 0) is 0 Å². The van der Waals surface area contributed by atoms with Gasteiger partial charge in [0.15, 0.2) is 0 Å². The van der Waals surface area contributed by atoms with E-state index in [0.29, 0.717) is 11.2 Å². The SMILES string of the molecule is Cc1cc(SCC(C)C)nc(Cl)n1. The fourth-order valence-electron chi connectivity index (χ4n) is 0.831. The summed E-state index contributed by atoms with van der Waals surface area (Å²) in [6, 6.07) is 1.96. The molecule has 1 heterocycles. The highest BCUT2D eigenvalue weighted by atomic mass is 35.5. The van der Waals surface area contributed by atoms with E-state index in [9.17, 15) is 0 Å². The number of nitrogens with zero attached hydrogens (tertiary/aromatic N) is 2. The lowest BCUT2D eigenvalue weighted by Gasteiger charge is -2.04.